The van der Waals surface area contributed by atoms with E-state index in [1.807, 2.05) is 24.4 Å². The van der Waals surface area contributed by atoms with Gasteiger partial charge in [0.1, 0.15) is 23.8 Å². The molecular weight excluding hydrogens is 336 g/mol. The van der Waals surface area contributed by atoms with Crippen LogP contribution in [-0.2, 0) is 6.61 Å². The van der Waals surface area contributed by atoms with E-state index < -0.39 is 5.91 Å². The lowest BCUT2D eigenvalue weighted by Gasteiger charge is -2.08. The van der Waals surface area contributed by atoms with Crippen molar-refractivity contribution >= 4 is 28.8 Å². The number of carbonyl (C=O) groups excluding carboxylic acids is 1. The van der Waals surface area contributed by atoms with Crippen LogP contribution in [0.25, 0.3) is 10.8 Å². The van der Waals surface area contributed by atoms with E-state index in [1.54, 1.807) is 23.5 Å². The number of hydrogen-bond acceptors (Lipinski definition) is 5. The van der Waals surface area contributed by atoms with E-state index in [2.05, 4.69) is 4.98 Å². The molecule has 0 aliphatic rings. The van der Waals surface area contributed by atoms with Crippen molar-refractivity contribution in [3.63, 3.8) is 0 Å². The SMILES string of the molecule is Cc1oc(-c2cccs2)nc1COc1ccc(Cl)cc1C(N)=O. The number of carbonyl (C=O) groups is 1. The van der Waals surface area contributed by atoms with Crippen LogP contribution >= 0.6 is 22.9 Å². The molecule has 0 aliphatic carbocycles. The summed E-state index contributed by atoms with van der Waals surface area (Å²) in [5.41, 5.74) is 6.24. The van der Waals surface area contributed by atoms with Gasteiger partial charge in [0.05, 0.1) is 10.4 Å². The maximum Gasteiger partial charge on any atom is 0.252 e. The highest BCUT2D eigenvalue weighted by atomic mass is 35.5. The zero-order chi connectivity index (χ0) is 16.4. The van der Waals surface area contributed by atoms with Crippen molar-refractivity contribution in [3.05, 3.63) is 57.8 Å². The summed E-state index contributed by atoms with van der Waals surface area (Å²) in [7, 11) is 0. The zero-order valence-corrected chi connectivity index (χ0v) is 13.8. The smallest absolute Gasteiger partial charge is 0.252 e. The summed E-state index contributed by atoms with van der Waals surface area (Å²) < 4.78 is 11.3. The van der Waals surface area contributed by atoms with Crippen LogP contribution in [0.15, 0.2) is 40.1 Å². The van der Waals surface area contributed by atoms with Gasteiger partial charge in [-0.15, -0.1) is 11.3 Å². The number of ether oxygens (including phenoxy) is 1. The molecule has 2 heterocycles. The molecule has 0 bridgehead atoms. The molecule has 0 aliphatic heterocycles. The number of halogens is 1. The van der Waals surface area contributed by atoms with Gasteiger partial charge in [0, 0.05) is 5.02 Å². The molecule has 0 fully saturated rings. The number of nitrogens with zero attached hydrogens (tertiary/aromatic N) is 1. The Morgan fingerprint density at radius 3 is 2.96 bits per heavy atom. The minimum Gasteiger partial charge on any atom is -0.486 e. The molecule has 0 atom stereocenters. The minimum atomic E-state index is -0.598. The second-order valence-corrected chi connectivity index (χ2v) is 6.18. The minimum absolute atomic E-state index is 0.169. The average molecular weight is 349 g/mol. The number of benzene rings is 1. The predicted octanol–water partition coefficient (Wildman–Crippen LogP) is 4.04. The number of oxazole rings is 1. The van der Waals surface area contributed by atoms with Crippen LogP contribution in [-0.4, -0.2) is 10.9 Å². The number of hydrogen-bond donors (Lipinski definition) is 1. The van der Waals surface area contributed by atoms with Crippen LogP contribution in [0.4, 0.5) is 0 Å². The number of amides is 1. The van der Waals surface area contributed by atoms with E-state index in [0.29, 0.717) is 28.1 Å². The fourth-order valence-corrected chi connectivity index (χ4v) is 2.86. The number of rotatable bonds is 5. The molecule has 118 valence electrons. The van der Waals surface area contributed by atoms with Crippen molar-refractivity contribution in [2.24, 2.45) is 5.73 Å². The summed E-state index contributed by atoms with van der Waals surface area (Å²) in [5.74, 6) is 0.992. The second-order valence-electron chi connectivity index (χ2n) is 4.79. The van der Waals surface area contributed by atoms with Gasteiger partial charge >= 0.3 is 0 Å². The molecule has 1 amide bonds. The van der Waals surface area contributed by atoms with Gasteiger partial charge < -0.3 is 14.9 Å². The van der Waals surface area contributed by atoms with Gasteiger partial charge in [-0.25, -0.2) is 4.98 Å². The van der Waals surface area contributed by atoms with Gasteiger partial charge in [-0.3, -0.25) is 4.79 Å². The molecule has 23 heavy (non-hydrogen) atoms. The van der Waals surface area contributed by atoms with Crippen molar-refractivity contribution in [2.45, 2.75) is 13.5 Å². The van der Waals surface area contributed by atoms with Gasteiger partial charge in [-0.05, 0) is 36.6 Å². The largest absolute Gasteiger partial charge is 0.486 e. The fraction of sp³-hybridized carbons (Fsp3) is 0.125. The number of thiophene rings is 1. The molecule has 3 aromatic rings. The molecule has 2 N–H and O–H groups in total. The first-order valence-electron chi connectivity index (χ1n) is 6.77. The number of primary amides is 1. The average Bonchev–Trinajstić information content (AvgIpc) is 3.15. The molecule has 3 rings (SSSR count). The third kappa shape index (κ3) is 3.38. The lowest BCUT2D eigenvalue weighted by molar-refractivity contribution is 0.0996. The maximum atomic E-state index is 11.5. The lowest BCUT2D eigenvalue weighted by Crippen LogP contribution is -2.13. The fourth-order valence-electron chi connectivity index (χ4n) is 2.03. The summed E-state index contributed by atoms with van der Waals surface area (Å²) >= 11 is 7.42. The van der Waals surface area contributed by atoms with E-state index >= 15 is 0 Å². The van der Waals surface area contributed by atoms with Crippen LogP contribution in [0.5, 0.6) is 5.75 Å². The highest BCUT2D eigenvalue weighted by molar-refractivity contribution is 7.13. The Morgan fingerprint density at radius 1 is 1.43 bits per heavy atom. The maximum absolute atomic E-state index is 11.5. The van der Waals surface area contributed by atoms with Crippen molar-refractivity contribution in [3.8, 4) is 16.5 Å². The molecule has 2 aromatic heterocycles. The summed E-state index contributed by atoms with van der Waals surface area (Å²) in [6.07, 6.45) is 0. The molecule has 1 aromatic carbocycles. The van der Waals surface area contributed by atoms with Crippen LogP contribution in [0.2, 0.25) is 5.02 Å². The quantitative estimate of drug-likeness (QED) is 0.754. The third-order valence-corrected chi connectivity index (χ3v) is 4.29. The first-order chi connectivity index (χ1) is 11.0. The van der Waals surface area contributed by atoms with E-state index in [9.17, 15) is 4.79 Å². The van der Waals surface area contributed by atoms with Crippen LogP contribution < -0.4 is 10.5 Å². The second kappa shape index (κ2) is 6.44. The van der Waals surface area contributed by atoms with Crippen molar-refractivity contribution < 1.29 is 13.9 Å². The monoisotopic (exact) mass is 348 g/mol. The summed E-state index contributed by atoms with van der Waals surface area (Å²) in [4.78, 5) is 16.8. The Bertz CT molecular complexity index is 843. The lowest BCUT2D eigenvalue weighted by atomic mass is 10.2. The number of aryl methyl sites for hydroxylation is 1. The van der Waals surface area contributed by atoms with E-state index in [1.165, 1.54) is 6.07 Å². The molecule has 0 radical (unpaired) electrons. The van der Waals surface area contributed by atoms with E-state index in [4.69, 9.17) is 26.5 Å². The van der Waals surface area contributed by atoms with Crippen molar-refractivity contribution in [2.75, 3.05) is 0 Å². The zero-order valence-electron chi connectivity index (χ0n) is 12.2. The first-order valence-corrected chi connectivity index (χ1v) is 8.02. The van der Waals surface area contributed by atoms with Crippen LogP contribution in [0.1, 0.15) is 21.8 Å². The van der Waals surface area contributed by atoms with E-state index in [0.717, 1.165) is 4.88 Å². The molecule has 7 heteroatoms. The number of aromatic nitrogens is 1. The molecule has 0 saturated heterocycles. The summed E-state index contributed by atoms with van der Waals surface area (Å²) in [6.45, 7) is 1.99. The Morgan fingerprint density at radius 2 is 2.26 bits per heavy atom. The molecule has 0 saturated carbocycles. The Labute approximate surface area is 141 Å². The molecule has 5 nitrogen and oxygen atoms in total. The molecule has 0 unspecified atom stereocenters. The highest BCUT2D eigenvalue weighted by Crippen LogP contribution is 2.27. The topological polar surface area (TPSA) is 78.3 Å². The number of nitrogens with two attached hydrogens (primary N) is 1. The van der Waals surface area contributed by atoms with Gasteiger partial charge in [-0.2, -0.15) is 0 Å². The Balaban J connectivity index is 1.80. The summed E-state index contributed by atoms with van der Waals surface area (Å²) in [6, 6.07) is 8.59. The Kier molecular flexibility index (Phi) is 4.36. The highest BCUT2D eigenvalue weighted by Gasteiger charge is 2.15. The van der Waals surface area contributed by atoms with Gasteiger partial charge in [0.25, 0.3) is 5.91 Å². The van der Waals surface area contributed by atoms with Crippen molar-refractivity contribution in [1.82, 2.24) is 4.98 Å². The van der Waals surface area contributed by atoms with Crippen LogP contribution in [0.3, 0.4) is 0 Å². The standard InChI is InChI=1S/C16H13ClN2O3S/c1-9-12(19-16(22-9)14-3-2-6-23-14)8-21-13-5-4-10(17)7-11(13)15(18)20/h2-7H,8H2,1H3,(H2,18,20). The first kappa shape index (κ1) is 15.6. The van der Waals surface area contributed by atoms with Crippen molar-refractivity contribution in [1.29, 1.82) is 0 Å². The van der Waals surface area contributed by atoms with Gasteiger partial charge in [-0.1, -0.05) is 17.7 Å². The summed E-state index contributed by atoms with van der Waals surface area (Å²) in [5, 5.41) is 2.38. The third-order valence-electron chi connectivity index (χ3n) is 3.20. The van der Waals surface area contributed by atoms with Crippen LogP contribution in [0, 0.1) is 6.92 Å². The molecular formula is C16H13ClN2O3S. The van der Waals surface area contributed by atoms with E-state index in [-0.39, 0.29) is 12.2 Å². The predicted molar refractivity (Wildman–Crippen MR) is 88.9 cm³/mol. The Hall–Kier alpha value is -2.31. The molecule has 0 spiro atoms. The van der Waals surface area contributed by atoms with Gasteiger partial charge in [0.2, 0.25) is 5.89 Å². The van der Waals surface area contributed by atoms with Gasteiger partial charge in [0.15, 0.2) is 0 Å². The normalized spacial score (nSPS) is 10.7.